The molecule has 0 spiro atoms. The lowest BCUT2D eigenvalue weighted by molar-refractivity contribution is 0.220. The van der Waals surface area contributed by atoms with Crippen LogP contribution < -0.4 is 5.32 Å². The fraction of sp³-hybridized carbons (Fsp3) is 0.769. The molecule has 0 aliphatic carbocycles. The number of rotatable bonds is 4. The van der Waals surface area contributed by atoms with E-state index in [0.29, 0.717) is 6.04 Å². The minimum Gasteiger partial charge on any atom is -0.343 e. The quantitative estimate of drug-likeness (QED) is 0.832. The molecule has 1 atom stereocenters. The van der Waals surface area contributed by atoms with Gasteiger partial charge in [0.2, 0.25) is 0 Å². The van der Waals surface area contributed by atoms with Crippen LogP contribution in [0.5, 0.6) is 0 Å². The fourth-order valence-electron chi connectivity index (χ4n) is 2.46. The molecule has 1 saturated heterocycles. The minimum atomic E-state index is 0.382. The first-order valence-electron chi connectivity index (χ1n) is 6.84. The van der Waals surface area contributed by atoms with Crippen molar-refractivity contribution in [2.75, 3.05) is 40.3 Å². The van der Waals surface area contributed by atoms with Gasteiger partial charge in [-0.05, 0) is 40.2 Å². The zero-order chi connectivity index (χ0) is 13.0. The maximum atomic E-state index is 4.56. The number of imidazole rings is 1. The Kier molecular flexibility index (Phi) is 4.74. The summed E-state index contributed by atoms with van der Waals surface area (Å²) in [5.41, 5.74) is 1.17. The van der Waals surface area contributed by atoms with Gasteiger partial charge in [-0.25, -0.2) is 4.98 Å². The van der Waals surface area contributed by atoms with Gasteiger partial charge >= 0.3 is 0 Å². The highest BCUT2D eigenvalue weighted by molar-refractivity contribution is 5.06. The molecule has 0 amide bonds. The zero-order valence-electron chi connectivity index (χ0n) is 11.7. The van der Waals surface area contributed by atoms with Gasteiger partial charge in [-0.1, -0.05) is 6.92 Å². The molecule has 1 aliphatic rings. The van der Waals surface area contributed by atoms with Gasteiger partial charge in [0.15, 0.2) is 0 Å². The summed E-state index contributed by atoms with van der Waals surface area (Å²) in [5.74, 6) is 1.10. The molecule has 18 heavy (non-hydrogen) atoms. The second kappa shape index (κ2) is 6.31. The first-order valence-corrected chi connectivity index (χ1v) is 6.84. The summed E-state index contributed by atoms with van der Waals surface area (Å²) in [5, 5.41) is 3.32. The molecule has 5 nitrogen and oxygen atoms in total. The summed E-state index contributed by atoms with van der Waals surface area (Å²) in [6.07, 6.45) is 3.19. The van der Waals surface area contributed by atoms with Gasteiger partial charge in [-0.3, -0.25) is 4.90 Å². The normalized spacial score (nSPS) is 23.2. The van der Waals surface area contributed by atoms with Gasteiger partial charge in [0.1, 0.15) is 5.82 Å². The van der Waals surface area contributed by atoms with E-state index in [1.165, 1.54) is 18.7 Å². The van der Waals surface area contributed by atoms with E-state index in [1.54, 1.807) is 0 Å². The predicted octanol–water partition coefficient (Wildman–Crippen LogP) is 0.828. The van der Waals surface area contributed by atoms with Crippen LogP contribution in [0.3, 0.4) is 0 Å². The summed E-state index contributed by atoms with van der Waals surface area (Å²) in [4.78, 5) is 12.8. The second-order valence-electron chi connectivity index (χ2n) is 5.19. The van der Waals surface area contributed by atoms with E-state index in [9.17, 15) is 0 Å². The van der Waals surface area contributed by atoms with Crippen molar-refractivity contribution >= 4 is 0 Å². The molecule has 0 aromatic carbocycles. The standard InChI is InChI=1S/C13H25N5/c1-4-14-8-11-9-15-13(16-11)12-10-17(2)6-5-7-18(12)3/h9,12,14H,4-8,10H2,1-3H3,(H,15,16). The monoisotopic (exact) mass is 251 g/mol. The van der Waals surface area contributed by atoms with Gasteiger partial charge < -0.3 is 15.2 Å². The van der Waals surface area contributed by atoms with Crippen molar-refractivity contribution in [3.05, 3.63) is 17.7 Å². The van der Waals surface area contributed by atoms with Crippen LogP contribution in [0.4, 0.5) is 0 Å². The molecule has 1 aromatic rings. The van der Waals surface area contributed by atoms with Crippen molar-refractivity contribution in [2.45, 2.75) is 25.9 Å². The van der Waals surface area contributed by atoms with Crippen LogP contribution in [0.2, 0.25) is 0 Å². The SMILES string of the molecule is CCNCc1cnc(C2CN(C)CCCN2C)[nH]1. The van der Waals surface area contributed by atoms with E-state index in [1.807, 2.05) is 6.20 Å². The van der Waals surface area contributed by atoms with E-state index in [0.717, 1.165) is 32.0 Å². The van der Waals surface area contributed by atoms with Gasteiger partial charge in [-0.2, -0.15) is 0 Å². The molecule has 5 heteroatoms. The molecule has 1 aliphatic heterocycles. The molecule has 2 N–H and O–H groups in total. The van der Waals surface area contributed by atoms with E-state index >= 15 is 0 Å². The van der Waals surface area contributed by atoms with Gasteiger partial charge in [0.25, 0.3) is 0 Å². The van der Waals surface area contributed by atoms with Gasteiger partial charge in [0.05, 0.1) is 6.04 Å². The Balaban J connectivity index is 2.05. The van der Waals surface area contributed by atoms with Crippen LogP contribution in [-0.2, 0) is 6.54 Å². The van der Waals surface area contributed by atoms with Crippen molar-refractivity contribution in [2.24, 2.45) is 0 Å². The lowest BCUT2D eigenvalue weighted by atomic mass is 10.2. The fourth-order valence-corrected chi connectivity index (χ4v) is 2.46. The van der Waals surface area contributed by atoms with Gasteiger partial charge in [0, 0.05) is 25.0 Å². The molecule has 0 radical (unpaired) electrons. The van der Waals surface area contributed by atoms with E-state index in [2.05, 4.69) is 46.1 Å². The van der Waals surface area contributed by atoms with Crippen LogP contribution in [-0.4, -0.2) is 60.0 Å². The minimum absolute atomic E-state index is 0.382. The largest absolute Gasteiger partial charge is 0.343 e. The number of hydrogen-bond donors (Lipinski definition) is 2. The van der Waals surface area contributed by atoms with Crippen molar-refractivity contribution in [3.63, 3.8) is 0 Å². The number of nitrogens with one attached hydrogen (secondary N) is 2. The Bertz CT molecular complexity index is 362. The highest BCUT2D eigenvalue weighted by Gasteiger charge is 2.24. The number of likely N-dealkylation sites (N-methyl/N-ethyl adjacent to an activating group) is 2. The smallest absolute Gasteiger partial charge is 0.125 e. The Morgan fingerprint density at radius 1 is 1.44 bits per heavy atom. The highest BCUT2D eigenvalue weighted by atomic mass is 15.2. The summed E-state index contributed by atoms with van der Waals surface area (Å²) < 4.78 is 0. The van der Waals surface area contributed by atoms with Crippen molar-refractivity contribution in [3.8, 4) is 0 Å². The third kappa shape index (κ3) is 3.31. The van der Waals surface area contributed by atoms with E-state index in [-0.39, 0.29) is 0 Å². The third-order valence-corrected chi connectivity index (χ3v) is 3.60. The maximum Gasteiger partial charge on any atom is 0.125 e. The number of aromatic nitrogens is 2. The topological polar surface area (TPSA) is 47.2 Å². The van der Waals surface area contributed by atoms with Crippen molar-refractivity contribution < 1.29 is 0 Å². The van der Waals surface area contributed by atoms with Crippen molar-refractivity contribution in [1.29, 1.82) is 0 Å². The Morgan fingerprint density at radius 2 is 2.28 bits per heavy atom. The molecule has 1 unspecified atom stereocenters. The molecular formula is C13H25N5. The number of hydrogen-bond acceptors (Lipinski definition) is 4. The first kappa shape index (κ1) is 13.5. The molecular weight excluding hydrogens is 226 g/mol. The second-order valence-corrected chi connectivity index (χ2v) is 5.19. The Hall–Kier alpha value is -0.910. The predicted molar refractivity (Wildman–Crippen MR) is 73.5 cm³/mol. The lowest BCUT2D eigenvalue weighted by Gasteiger charge is -2.25. The molecule has 0 bridgehead atoms. The third-order valence-electron chi connectivity index (χ3n) is 3.60. The maximum absolute atomic E-state index is 4.56. The number of aromatic amines is 1. The van der Waals surface area contributed by atoms with Gasteiger partial charge in [-0.15, -0.1) is 0 Å². The lowest BCUT2D eigenvalue weighted by Crippen LogP contribution is -2.31. The summed E-state index contributed by atoms with van der Waals surface area (Å²) in [6, 6.07) is 0.382. The number of nitrogens with zero attached hydrogens (tertiary/aromatic N) is 3. The summed E-state index contributed by atoms with van der Waals surface area (Å²) in [7, 11) is 4.38. The first-order chi connectivity index (χ1) is 8.70. The average molecular weight is 251 g/mol. The van der Waals surface area contributed by atoms with Crippen LogP contribution in [0.25, 0.3) is 0 Å². The molecule has 0 saturated carbocycles. The molecule has 102 valence electrons. The molecule has 1 fully saturated rings. The molecule has 2 heterocycles. The Labute approximate surface area is 110 Å². The summed E-state index contributed by atoms with van der Waals surface area (Å²) in [6.45, 7) is 7.33. The number of H-pyrrole nitrogens is 1. The van der Waals surface area contributed by atoms with E-state index < -0.39 is 0 Å². The average Bonchev–Trinajstić information content (AvgIpc) is 2.75. The van der Waals surface area contributed by atoms with Crippen LogP contribution >= 0.6 is 0 Å². The molecule has 2 rings (SSSR count). The van der Waals surface area contributed by atoms with Crippen LogP contribution in [0, 0.1) is 0 Å². The van der Waals surface area contributed by atoms with Crippen LogP contribution in [0.1, 0.15) is 30.9 Å². The Morgan fingerprint density at radius 3 is 3.06 bits per heavy atom. The summed E-state index contributed by atoms with van der Waals surface area (Å²) >= 11 is 0. The van der Waals surface area contributed by atoms with E-state index in [4.69, 9.17) is 0 Å². The molecule has 1 aromatic heterocycles. The zero-order valence-corrected chi connectivity index (χ0v) is 11.7. The van der Waals surface area contributed by atoms with Crippen molar-refractivity contribution in [1.82, 2.24) is 25.1 Å². The van der Waals surface area contributed by atoms with Crippen LogP contribution in [0.15, 0.2) is 6.20 Å². The highest BCUT2D eigenvalue weighted by Crippen LogP contribution is 2.20.